The Balaban J connectivity index is 1.58. The average Bonchev–Trinajstić information content (AvgIpc) is 3.07. The SMILES string of the molecule is CC(O)c1cc2n(n1)CCN(C(=O)c1ccc3c(c1)N(C)C(=O)CO3)C2. The van der Waals surface area contributed by atoms with Gasteiger partial charge in [0.15, 0.2) is 6.61 Å². The van der Waals surface area contributed by atoms with Crippen molar-refractivity contribution in [3.8, 4) is 5.75 Å². The van der Waals surface area contributed by atoms with Crippen LogP contribution in [0.25, 0.3) is 0 Å². The fourth-order valence-corrected chi connectivity index (χ4v) is 3.25. The van der Waals surface area contributed by atoms with Gasteiger partial charge in [0.2, 0.25) is 0 Å². The first-order chi connectivity index (χ1) is 12.4. The number of aliphatic hydroxyl groups excluding tert-OH is 1. The molecule has 0 saturated carbocycles. The topological polar surface area (TPSA) is 87.9 Å². The maximum Gasteiger partial charge on any atom is 0.264 e. The summed E-state index contributed by atoms with van der Waals surface area (Å²) >= 11 is 0. The predicted octanol–water partition coefficient (Wildman–Crippen LogP) is 0.948. The summed E-state index contributed by atoms with van der Waals surface area (Å²) in [6.07, 6.45) is -0.633. The van der Waals surface area contributed by atoms with Gasteiger partial charge < -0.3 is 19.6 Å². The van der Waals surface area contributed by atoms with Crippen LogP contribution in [0.3, 0.4) is 0 Å². The van der Waals surface area contributed by atoms with E-state index >= 15 is 0 Å². The zero-order chi connectivity index (χ0) is 18.4. The minimum Gasteiger partial charge on any atom is -0.482 e. The summed E-state index contributed by atoms with van der Waals surface area (Å²) in [4.78, 5) is 28.0. The van der Waals surface area contributed by atoms with Gasteiger partial charge in [-0.25, -0.2) is 0 Å². The van der Waals surface area contributed by atoms with Gasteiger partial charge in [-0.05, 0) is 31.2 Å². The van der Waals surface area contributed by atoms with Crippen LogP contribution in [-0.4, -0.2) is 51.8 Å². The molecule has 1 atom stereocenters. The summed E-state index contributed by atoms with van der Waals surface area (Å²) in [5, 5.41) is 14.0. The number of amides is 2. The molecule has 8 heteroatoms. The van der Waals surface area contributed by atoms with Gasteiger partial charge in [0.1, 0.15) is 5.75 Å². The van der Waals surface area contributed by atoms with E-state index in [0.717, 1.165) is 5.69 Å². The van der Waals surface area contributed by atoms with Crippen molar-refractivity contribution in [2.45, 2.75) is 26.1 Å². The summed E-state index contributed by atoms with van der Waals surface area (Å²) in [7, 11) is 1.68. The summed E-state index contributed by atoms with van der Waals surface area (Å²) in [5.74, 6) is 0.349. The highest BCUT2D eigenvalue weighted by Crippen LogP contribution is 2.32. The van der Waals surface area contributed by atoms with Gasteiger partial charge in [-0.3, -0.25) is 14.3 Å². The third-order valence-corrected chi connectivity index (χ3v) is 4.82. The van der Waals surface area contributed by atoms with E-state index in [4.69, 9.17) is 4.74 Å². The normalized spacial score (nSPS) is 17.4. The van der Waals surface area contributed by atoms with Gasteiger partial charge in [-0.15, -0.1) is 0 Å². The number of rotatable bonds is 2. The van der Waals surface area contributed by atoms with Gasteiger partial charge in [0.05, 0.1) is 36.3 Å². The smallest absolute Gasteiger partial charge is 0.264 e. The number of fused-ring (bicyclic) bond motifs is 2. The first-order valence-corrected chi connectivity index (χ1v) is 8.51. The number of hydrogen-bond acceptors (Lipinski definition) is 5. The predicted molar refractivity (Wildman–Crippen MR) is 92.9 cm³/mol. The number of benzene rings is 1. The molecule has 2 aliphatic rings. The van der Waals surface area contributed by atoms with E-state index in [-0.39, 0.29) is 18.4 Å². The molecule has 3 heterocycles. The zero-order valence-electron chi connectivity index (χ0n) is 14.7. The maximum absolute atomic E-state index is 12.9. The summed E-state index contributed by atoms with van der Waals surface area (Å²) in [6.45, 7) is 3.24. The molecule has 0 radical (unpaired) electrons. The number of ether oxygens (including phenoxy) is 1. The molecule has 1 N–H and O–H groups in total. The molecule has 1 aromatic carbocycles. The van der Waals surface area contributed by atoms with Crippen molar-refractivity contribution >= 4 is 17.5 Å². The second-order valence-corrected chi connectivity index (χ2v) is 6.61. The Bertz CT molecular complexity index is 889. The average molecular weight is 356 g/mol. The molecule has 4 rings (SSSR count). The van der Waals surface area contributed by atoms with Crippen LogP contribution in [-0.2, 0) is 17.9 Å². The van der Waals surface area contributed by atoms with Crippen LogP contribution in [0.2, 0.25) is 0 Å². The molecule has 0 fully saturated rings. The van der Waals surface area contributed by atoms with E-state index in [0.29, 0.717) is 42.3 Å². The van der Waals surface area contributed by atoms with Crippen LogP contribution in [0.4, 0.5) is 5.69 Å². The standard InChI is InChI=1S/C18H20N4O4/c1-11(23)14-8-13-9-21(5-6-22(13)19-14)18(25)12-3-4-16-15(7-12)20(2)17(24)10-26-16/h3-4,7-8,11,23H,5-6,9-10H2,1-2H3. The molecule has 136 valence electrons. The van der Waals surface area contributed by atoms with Crippen LogP contribution < -0.4 is 9.64 Å². The maximum atomic E-state index is 12.9. The fraction of sp³-hybridized carbons (Fsp3) is 0.389. The molecule has 0 spiro atoms. The molecular weight excluding hydrogens is 336 g/mol. The first-order valence-electron chi connectivity index (χ1n) is 8.51. The number of aromatic nitrogens is 2. The van der Waals surface area contributed by atoms with Crippen LogP contribution in [0.1, 0.15) is 34.8 Å². The molecule has 2 amide bonds. The van der Waals surface area contributed by atoms with Crippen molar-refractivity contribution in [1.29, 1.82) is 0 Å². The van der Waals surface area contributed by atoms with E-state index in [1.165, 1.54) is 4.90 Å². The van der Waals surface area contributed by atoms with Crippen molar-refractivity contribution in [3.63, 3.8) is 0 Å². The molecule has 2 aromatic rings. The Morgan fingerprint density at radius 3 is 2.88 bits per heavy atom. The van der Waals surface area contributed by atoms with E-state index in [9.17, 15) is 14.7 Å². The van der Waals surface area contributed by atoms with Crippen LogP contribution in [0, 0.1) is 0 Å². The molecule has 26 heavy (non-hydrogen) atoms. The minimum atomic E-state index is -0.633. The number of likely N-dealkylation sites (N-methyl/N-ethyl adjacent to an activating group) is 1. The van der Waals surface area contributed by atoms with Gasteiger partial charge in [-0.2, -0.15) is 5.10 Å². The van der Waals surface area contributed by atoms with Crippen LogP contribution >= 0.6 is 0 Å². The Hall–Kier alpha value is -2.87. The number of carbonyl (C=O) groups excluding carboxylic acids is 2. The summed E-state index contributed by atoms with van der Waals surface area (Å²) in [5.41, 5.74) is 2.62. The molecule has 0 aliphatic carbocycles. The highest BCUT2D eigenvalue weighted by Gasteiger charge is 2.27. The molecular formula is C18H20N4O4. The number of anilines is 1. The first kappa shape index (κ1) is 16.6. The van der Waals surface area contributed by atoms with Crippen molar-refractivity contribution in [2.24, 2.45) is 0 Å². The Labute approximate surface area is 150 Å². The molecule has 1 aromatic heterocycles. The van der Waals surface area contributed by atoms with Gasteiger partial charge >= 0.3 is 0 Å². The zero-order valence-corrected chi connectivity index (χ0v) is 14.7. The van der Waals surface area contributed by atoms with Crippen molar-refractivity contribution in [2.75, 3.05) is 25.1 Å². The van der Waals surface area contributed by atoms with Crippen molar-refractivity contribution in [1.82, 2.24) is 14.7 Å². The highest BCUT2D eigenvalue weighted by molar-refractivity contribution is 6.01. The monoisotopic (exact) mass is 356 g/mol. The molecule has 0 saturated heterocycles. The lowest BCUT2D eigenvalue weighted by molar-refractivity contribution is -0.120. The van der Waals surface area contributed by atoms with E-state index in [2.05, 4.69) is 5.10 Å². The number of aliphatic hydroxyl groups is 1. The number of hydrogen-bond donors (Lipinski definition) is 1. The Morgan fingerprint density at radius 2 is 2.12 bits per heavy atom. The van der Waals surface area contributed by atoms with Gasteiger partial charge in [-0.1, -0.05) is 0 Å². The van der Waals surface area contributed by atoms with E-state index in [1.54, 1.807) is 37.1 Å². The minimum absolute atomic E-state index is 0.0124. The van der Waals surface area contributed by atoms with Crippen LogP contribution in [0.5, 0.6) is 5.75 Å². The van der Waals surface area contributed by atoms with E-state index < -0.39 is 6.10 Å². The highest BCUT2D eigenvalue weighted by atomic mass is 16.5. The summed E-state index contributed by atoms with van der Waals surface area (Å²) < 4.78 is 7.24. The lowest BCUT2D eigenvalue weighted by Crippen LogP contribution is -2.39. The largest absolute Gasteiger partial charge is 0.482 e. The third kappa shape index (κ3) is 2.72. The molecule has 8 nitrogen and oxygen atoms in total. The third-order valence-electron chi connectivity index (χ3n) is 4.82. The Morgan fingerprint density at radius 1 is 1.31 bits per heavy atom. The molecule has 1 unspecified atom stereocenters. The quantitative estimate of drug-likeness (QED) is 0.866. The van der Waals surface area contributed by atoms with E-state index in [1.807, 2.05) is 10.7 Å². The Kier molecular flexibility index (Phi) is 3.91. The number of nitrogens with zero attached hydrogens (tertiary/aromatic N) is 4. The lowest BCUT2D eigenvalue weighted by Gasteiger charge is -2.29. The second kappa shape index (κ2) is 6.14. The molecule has 0 bridgehead atoms. The lowest BCUT2D eigenvalue weighted by atomic mass is 10.1. The molecule has 2 aliphatic heterocycles. The van der Waals surface area contributed by atoms with Gasteiger partial charge in [0, 0.05) is 19.2 Å². The second-order valence-electron chi connectivity index (χ2n) is 6.61. The summed E-state index contributed by atoms with van der Waals surface area (Å²) in [6, 6.07) is 6.97. The van der Waals surface area contributed by atoms with Crippen LogP contribution in [0.15, 0.2) is 24.3 Å². The number of carbonyl (C=O) groups is 2. The fourth-order valence-electron chi connectivity index (χ4n) is 3.25. The van der Waals surface area contributed by atoms with Gasteiger partial charge in [0.25, 0.3) is 11.8 Å². The van der Waals surface area contributed by atoms with Crippen molar-refractivity contribution < 1.29 is 19.4 Å². The van der Waals surface area contributed by atoms with Crippen molar-refractivity contribution in [3.05, 3.63) is 41.2 Å².